The van der Waals surface area contributed by atoms with E-state index in [9.17, 15) is 4.79 Å². The predicted octanol–water partition coefficient (Wildman–Crippen LogP) is 11.1. The zero-order chi connectivity index (χ0) is 33.7. The molecule has 0 N–H and O–H groups in total. The van der Waals surface area contributed by atoms with Gasteiger partial charge in [0.25, 0.3) is 0 Å². The molecule has 1 spiro atoms. The summed E-state index contributed by atoms with van der Waals surface area (Å²) < 4.78 is 2.48. The van der Waals surface area contributed by atoms with E-state index in [0.717, 1.165) is 22.1 Å². The molecule has 2 aliphatic carbocycles. The fourth-order valence-corrected chi connectivity index (χ4v) is 12.2. The van der Waals surface area contributed by atoms with Crippen molar-refractivity contribution >= 4 is 55.1 Å². The number of para-hydroxylation sites is 1. The van der Waals surface area contributed by atoms with Gasteiger partial charge in [-0.15, -0.1) is 0 Å². The van der Waals surface area contributed by atoms with Crippen LogP contribution in [-0.4, -0.2) is 20.4 Å². The first-order valence-corrected chi connectivity index (χ1v) is 19.6. The van der Waals surface area contributed by atoms with Crippen LogP contribution in [0.15, 0.2) is 150 Å². The van der Waals surface area contributed by atoms with E-state index in [-0.39, 0.29) is 5.43 Å². The molecule has 2 nitrogen and oxygen atoms in total. The molecule has 7 aromatic carbocycles. The van der Waals surface area contributed by atoms with Gasteiger partial charge in [0.05, 0.1) is 0 Å². The van der Waals surface area contributed by atoms with E-state index in [0.29, 0.717) is 0 Å². The van der Waals surface area contributed by atoms with E-state index in [2.05, 4.69) is 159 Å². The van der Waals surface area contributed by atoms with Crippen LogP contribution in [0.4, 0.5) is 17.1 Å². The third-order valence-electron chi connectivity index (χ3n) is 10.9. The molecular weight excluding hydrogens is 722 g/mol. The maximum atomic E-state index is 14.2. The Balaban J connectivity index is 1.28. The minimum Gasteiger partial charge on any atom is -0.0543 e. The Labute approximate surface area is 301 Å². The Morgan fingerprint density at radius 2 is 1.08 bits per heavy atom. The molecule has 0 amide bonds. The smallest absolute Gasteiger partial charge is 0.0543 e. The number of hydrogen-bond donors (Lipinski definition) is 0. The molecule has 8 aromatic rings. The number of hydrogen-bond acceptors (Lipinski definition) is 2. The molecule has 0 radical (unpaired) electrons. The maximum absolute atomic E-state index is 14.2. The first-order chi connectivity index (χ1) is 24.4. The molecule has 0 saturated carbocycles. The van der Waals surface area contributed by atoms with Gasteiger partial charge >= 0.3 is 247 Å². The monoisotopic (exact) mass is 757 g/mol. The minimum absolute atomic E-state index is 0.157. The number of rotatable bonds is 3. The molecule has 1 atom stereocenters. The number of nitrogens with zero attached hydrogens (tertiary/aromatic N) is 1. The normalized spacial score (nSPS) is 15.3. The van der Waals surface area contributed by atoms with Crippen LogP contribution in [-0.2, 0) is 5.41 Å². The Bertz CT molecular complexity index is 2750. The molecule has 50 heavy (non-hydrogen) atoms. The van der Waals surface area contributed by atoms with Gasteiger partial charge in [0.15, 0.2) is 0 Å². The summed E-state index contributed by atoms with van der Waals surface area (Å²) >= 11 is -0.698. The molecule has 10 rings (SSSR count). The average molecular weight is 755 g/mol. The second-order valence-electron chi connectivity index (χ2n) is 13.8. The van der Waals surface area contributed by atoms with Crippen molar-refractivity contribution in [1.29, 1.82) is 0 Å². The summed E-state index contributed by atoms with van der Waals surface area (Å²) in [4.78, 5) is 16.6. The Kier molecular flexibility index (Phi) is 6.47. The Morgan fingerprint density at radius 3 is 1.80 bits per heavy atom. The van der Waals surface area contributed by atoms with Crippen LogP contribution in [0.3, 0.4) is 0 Å². The van der Waals surface area contributed by atoms with E-state index in [4.69, 9.17) is 0 Å². The molecular formula is C47H33NOTe. The van der Waals surface area contributed by atoms with Gasteiger partial charge in [-0.2, -0.15) is 0 Å². The van der Waals surface area contributed by atoms with Crippen LogP contribution >= 0.6 is 0 Å². The van der Waals surface area contributed by atoms with E-state index in [1.54, 1.807) is 0 Å². The van der Waals surface area contributed by atoms with Crippen LogP contribution in [0.25, 0.3) is 39.8 Å². The van der Waals surface area contributed by atoms with Crippen molar-refractivity contribution in [3.8, 4) is 22.3 Å². The number of aryl methyl sites for hydroxylation is 3. The second-order valence-corrected chi connectivity index (χ2v) is 16.9. The predicted molar refractivity (Wildman–Crippen MR) is 210 cm³/mol. The SMILES string of the molecule is Cc1cc(C)c(N(c2ccccc2)c2ccc3c(c2)-c2ccccc2C32c3ccccc3-c3cc4[te]c5ccccc5c(=O)c4cc32)c(C)c1. The average Bonchev–Trinajstić information content (AvgIpc) is 3.59. The third kappa shape index (κ3) is 4.00. The molecule has 0 bridgehead atoms. The number of benzene rings is 7. The van der Waals surface area contributed by atoms with Gasteiger partial charge in [0.1, 0.15) is 0 Å². The molecule has 1 unspecified atom stereocenters. The zero-order valence-electron chi connectivity index (χ0n) is 28.1. The molecule has 0 aliphatic heterocycles. The number of anilines is 3. The van der Waals surface area contributed by atoms with Crippen LogP contribution in [0.5, 0.6) is 0 Å². The molecule has 0 saturated heterocycles. The zero-order valence-corrected chi connectivity index (χ0v) is 30.5. The van der Waals surface area contributed by atoms with Crippen LogP contribution < -0.4 is 10.3 Å². The van der Waals surface area contributed by atoms with Crippen molar-refractivity contribution in [1.82, 2.24) is 0 Å². The van der Waals surface area contributed by atoms with Gasteiger partial charge in [-0.3, -0.25) is 0 Å². The first-order valence-electron chi connectivity index (χ1n) is 17.2. The van der Waals surface area contributed by atoms with Gasteiger partial charge in [0.2, 0.25) is 0 Å². The Hall–Kier alpha value is -5.20. The minimum atomic E-state index is -0.698. The summed E-state index contributed by atoms with van der Waals surface area (Å²) in [6.45, 7) is 6.61. The fraction of sp³-hybridized carbons (Fsp3) is 0.0851. The van der Waals surface area contributed by atoms with Gasteiger partial charge < -0.3 is 0 Å². The summed E-state index contributed by atoms with van der Waals surface area (Å²) in [6.07, 6.45) is 0. The molecule has 1 heterocycles. The topological polar surface area (TPSA) is 20.3 Å². The van der Waals surface area contributed by atoms with Crippen molar-refractivity contribution < 1.29 is 0 Å². The van der Waals surface area contributed by atoms with Gasteiger partial charge in [0, 0.05) is 0 Å². The standard InChI is InChI=1S/C47H33NOTe/c1-28-23-29(2)45(30(3)24-28)48(31-13-5-4-6-14-31)32-21-22-41-36(25-32)33-15-7-10-18-39(33)47(41)40-19-11-8-16-34(40)37-27-44-38(26-42(37)47)46(49)35-17-9-12-20-43(35)50-44/h4-27H,1-3H3. The molecule has 1 aromatic heterocycles. The van der Waals surface area contributed by atoms with E-state index in [1.165, 1.54) is 73.7 Å². The van der Waals surface area contributed by atoms with Crippen LogP contribution in [0.2, 0.25) is 0 Å². The van der Waals surface area contributed by atoms with Crippen molar-refractivity contribution in [3.63, 3.8) is 0 Å². The van der Waals surface area contributed by atoms with Crippen LogP contribution in [0, 0.1) is 20.8 Å². The van der Waals surface area contributed by atoms with Crippen molar-refractivity contribution in [2.75, 3.05) is 4.90 Å². The Morgan fingerprint density at radius 1 is 0.480 bits per heavy atom. The van der Waals surface area contributed by atoms with Gasteiger partial charge in [-0.1, -0.05) is 35.9 Å². The van der Waals surface area contributed by atoms with Crippen molar-refractivity contribution in [3.05, 3.63) is 195 Å². The fourth-order valence-electron chi connectivity index (χ4n) is 9.07. The van der Waals surface area contributed by atoms with E-state index >= 15 is 0 Å². The first kappa shape index (κ1) is 29.7. The third-order valence-corrected chi connectivity index (χ3v) is 14.1. The van der Waals surface area contributed by atoms with Gasteiger partial charge in [-0.25, -0.2) is 0 Å². The van der Waals surface area contributed by atoms with Gasteiger partial charge in [-0.05, 0) is 20.8 Å². The quantitative estimate of drug-likeness (QED) is 0.132. The summed E-state index contributed by atoms with van der Waals surface area (Å²) in [5, 5.41) is 1.77. The molecule has 3 heteroatoms. The van der Waals surface area contributed by atoms with Crippen molar-refractivity contribution in [2.45, 2.75) is 26.2 Å². The molecule has 0 fully saturated rings. The molecule has 2 aliphatic rings. The van der Waals surface area contributed by atoms with E-state index in [1.807, 2.05) is 12.1 Å². The van der Waals surface area contributed by atoms with Crippen molar-refractivity contribution in [2.24, 2.45) is 0 Å². The summed E-state index contributed by atoms with van der Waals surface area (Å²) in [6, 6.07) is 53.1. The summed E-state index contributed by atoms with van der Waals surface area (Å²) in [7, 11) is 0. The summed E-state index contributed by atoms with van der Waals surface area (Å²) in [5.41, 5.74) is 17.0. The molecule has 238 valence electrons. The summed E-state index contributed by atoms with van der Waals surface area (Å²) in [5.74, 6) is 0. The second kappa shape index (κ2) is 10.9. The van der Waals surface area contributed by atoms with Crippen LogP contribution in [0.1, 0.15) is 38.9 Å². The number of fused-ring (bicyclic) bond motifs is 12. The van der Waals surface area contributed by atoms with E-state index < -0.39 is 25.8 Å².